The van der Waals surface area contributed by atoms with Crippen molar-refractivity contribution in [3.05, 3.63) is 0 Å². The molecule has 0 aliphatic carbocycles. The molecule has 0 heterocycles. The first-order chi connectivity index (χ1) is 4.67. The molecule has 0 radical (unpaired) electrons. The van der Waals surface area contributed by atoms with Crippen molar-refractivity contribution in [3.63, 3.8) is 0 Å². The second-order valence-corrected chi connectivity index (χ2v) is 4.52. The first-order valence-corrected chi connectivity index (χ1v) is 4.14. The largest absolute Gasteiger partial charge is 0.323 e. The lowest BCUT2D eigenvalue weighted by Crippen LogP contribution is -2.52. The molecule has 1 unspecified atom stereocenters. The summed E-state index contributed by atoms with van der Waals surface area (Å²) < 4.78 is 13.7. The summed E-state index contributed by atoms with van der Waals surface area (Å²) >= 11 is 0. The topological polar surface area (TPSA) is 26.0 Å². The number of rotatable bonds is 3. The van der Waals surface area contributed by atoms with Crippen LogP contribution in [-0.4, -0.2) is 11.2 Å². The molecule has 0 rings (SSSR count). The maximum absolute atomic E-state index is 13.7. The van der Waals surface area contributed by atoms with Gasteiger partial charge in [0.2, 0.25) is 0 Å². The third-order valence-corrected chi connectivity index (χ3v) is 2.14. The van der Waals surface area contributed by atoms with Crippen LogP contribution >= 0.6 is 0 Å². The van der Waals surface area contributed by atoms with E-state index < -0.39 is 11.2 Å². The van der Waals surface area contributed by atoms with Gasteiger partial charge in [-0.15, -0.1) is 0 Å². The van der Waals surface area contributed by atoms with E-state index >= 15 is 0 Å². The monoisotopic (exact) mass is 161 g/mol. The van der Waals surface area contributed by atoms with Gasteiger partial charge in [-0.25, -0.2) is 4.39 Å². The quantitative estimate of drug-likeness (QED) is 0.676. The van der Waals surface area contributed by atoms with Crippen LogP contribution in [0.2, 0.25) is 0 Å². The van der Waals surface area contributed by atoms with Gasteiger partial charge in [0, 0.05) is 5.54 Å². The smallest absolute Gasteiger partial charge is 0.125 e. The summed E-state index contributed by atoms with van der Waals surface area (Å²) in [5.41, 5.74) is 3.68. The van der Waals surface area contributed by atoms with Crippen LogP contribution in [0.25, 0.3) is 0 Å². The highest BCUT2D eigenvalue weighted by Gasteiger charge is 2.38. The minimum Gasteiger partial charge on any atom is -0.323 e. The zero-order valence-electron chi connectivity index (χ0n) is 8.24. The summed E-state index contributed by atoms with van der Waals surface area (Å²) in [7, 11) is 0. The molecule has 0 saturated heterocycles. The van der Waals surface area contributed by atoms with Crippen molar-refractivity contribution in [1.82, 2.24) is 0 Å². The summed E-state index contributed by atoms with van der Waals surface area (Å²) in [6.45, 7) is 9.05. The Hall–Kier alpha value is -0.110. The Morgan fingerprint density at radius 2 is 1.64 bits per heavy atom. The molecule has 1 nitrogen and oxygen atoms in total. The van der Waals surface area contributed by atoms with E-state index in [1.807, 2.05) is 13.8 Å². The normalized spacial score (nSPS) is 18.5. The van der Waals surface area contributed by atoms with E-state index in [1.54, 1.807) is 20.8 Å². The molecule has 0 amide bonds. The van der Waals surface area contributed by atoms with Crippen LogP contribution in [0.15, 0.2) is 0 Å². The standard InChI is InChI=1S/C9H20FN/c1-7(2)6-9(5,10)8(3,4)11/h7H,6,11H2,1-5H3. The van der Waals surface area contributed by atoms with Crippen molar-refractivity contribution in [2.45, 2.75) is 52.2 Å². The molecule has 0 fully saturated rings. The molecule has 0 aromatic carbocycles. The van der Waals surface area contributed by atoms with Crippen LogP contribution in [0, 0.1) is 5.92 Å². The lowest BCUT2D eigenvalue weighted by Gasteiger charge is -2.35. The van der Waals surface area contributed by atoms with Crippen LogP contribution in [0.3, 0.4) is 0 Å². The lowest BCUT2D eigenvalue weighted by molar-refractivity contribution is 0.0721. The molecule has 2 heteroatoms. The van der Waals surface area contributed by atoms with Crippen LogP contribution < -0.4 is 5.73 Å². The van der Waals surface area contributed by atoms with Crippen LogP contribution in [0.1, 0.15) is 41.0 Å². The molecule has 0 aromatic rings. The number of halogens is 1. The van der Waals surface area contributed by atoms with Gasteiger partial charge in [-0.1, -0.05) is 13.8 Å². The van der Waals surface area contributed by atoms with Gasteiger partial charge >= 0.3 is 0 Å². The van der Waals surface area contributed by atoms with Crippen molar-refractivity contribution < 1.29 is 4.39 Å². The second-order valence-electron chi connectivity index (χ2n) is 4.52. The molecule has 0 saturated carbocycles. The van der Waals surface area contributed by atoms with Crippen molar-refractivity contribution in [3.8, 4) is 0 Å². The third-order valence-electron chi connectivity index (χ3n) is 2.14. The molecule has 11 heavy (non-hydrogen) atoms. The summed E-state index contributed by atoms with van der Waals surface area (Å²) in [5, 5.41) is 0. The van der Waals surface area contributed by atoms with Crippen LogP contribution in [-0.2, 0) is 0 Å². The van der Waals surface area contributed by atoms with E-state index in [2.05, 4.69) is 0 Å². The molecule has 0 spiro atoms. The van der Waals surface area contributed by atoms with Gasteiger partial charge in [-0.2, -0.15) is 0 Å². The Bertz CT molecular complexity index is 122. The molecular formula is C9H20FN. The molecule has 68 valence electrons. The van der Waals surface area contributed by atoms with Gasteiger partial charge in [0.05, 0.1) is 0 Å². The van der Waals surface area contributed by atoms with Gasteiger partial charge in [-0.05, 0) is 33.1 Å². The van der Waals surface area contributed by atoms with E-state index in [1.165, 1.54) is 0 Å². The number of alkyl halides is 1. The van der Waals surface area contributed by atoms with Crippen molar-refractivity contribution in [2.24, 2.45) is 11.7 Å². The van der Waals surface area contributed by atoms with Gasteiger partial charge in [0.25, 0.3) is 0 Å². The zero-order chi connectivity index (χ0) is 9.28. The predicted molar refractivity (Wildman–Crippen MR) is 47.2 cm³/mol. The molecule has 0 aromatic heterocycles. The number of hydrogen-bond acceptors (Lipinski definition) is 1. The first kappa shape index (κ1) is 10.9. The van der Waals surface area contributed by atoms with E-state index in [4.69, 9.17) is 5.73 Å². The number of hydrogen-bond donors (Lipinski definition) is 1. The fourth-order valence-electron chi connectivity index (χ4n) is 1.03. The SMILES string of the molecule is CC(C)CC(C)(F)C(C)(C)N. The van der Waals surface area contributed by atoms with Gasteiger partial charge in [0.1, 0.15) is 5.67 Å². The van der Waals surface area contributed by atoms with E-state index in [9.17, 15) is 4.39 Å². The Labute approximate surface area is 69.2 Å². The summed E-state index contributed by atoms with van der Waals surface area (Å²) in [6.07, 6.45) is 0.524. The Balaban J connectivity index is 4.22. The molecule has 0 bridgehead atoms. The molecule has 0 aliphatic rings. The average molecular weight is 161 g/mol. The average Bonchev–Trinajstić information content (AvgIpc) is 1.56. The van der Waals surface area contributed by atoms with Gasteiger partial charge in [-0.3, -0.25) is 0 Å². The van der Waals surface area contributed by atoms with Crippen LogP contribution in [0.5, 0.6) is 0 Å². The molecular weight excluding hydrogens is 141 g/mol. The Morgan fingerprint density at radius 1 is 1.27 bits per heavy atom. The second kappa shape index (κ2) is 3.10. The fraction of sp³-hybridized carbons (Fsp3) is 1.00. The van der Waals surface area contributed by atoms with Crippen molar-refractivity contribution in [1.29, 1.82) is 0 Å². The summed E-state index contributed by atoms with van der Waals surface area (Å²) in [6, 6.07) is 0. The maximum Gasteiger partial charge on any atom is 0.125 e. The van der Waals surface area contributed by atoms with Gasteiger partial charge in [0.15, 0.2) is 0 Å². The highest BCUT2D eigenvalue weighted by Crippen LogP contribution is 2.30. The summed E-state index contributed by atoms with van der Waals surface area (Å²) in [5.74, 6) is 0.354. The lowest BCUT2D eigenvalue weighted by atomic mass is 9.81. The molecule has 1 atom stereocenters. The van der Waals surface area contributed by atoms with Gasteiger partial charge < -0.3 is 5.73 Å². The third kappa shape index (κ3) is 3.19. The minimum atomic E-state index is -1.26. The van der Waals surface area contributed by atoms with E-state index in [0.717, 1.165) is 0 Å². The van der Waals surface area contributed by atoms with E-state index in [0.29, 0.717) is 12.3 Å². The molecule has 0 aliphatic heterocycles. The maximum atomic E-state index is 13.7. The van der Waals surface area contributed by atoms with Crippen molar-refractivity contribution >= 4 is 0 Å². The highest BCUT2D eigenvalue weighted by molar-refractivity contribution is 4.94. The highest BCUT2D eigenvalue weighted by atomic mass is 19.1. The zero-order valence-corrected chi connectivity index (χ0v) is 8.24. The first-order valence-electron chi connectivity index (χ1n) is 4.14. The van der Waals surface area contributed by atoms with Crippen molar-refractivity contribution in [2.75, 3.05) is 0 Å². The van der Waals surface area contributed by atoms with E-state index in [-0.39, 0.29) is 0 Å². The minimum absolute atomic E-state index is 0.354. The fourth-order valence-corrected chi connectivity index (χ4v) is 1.03. The molecule has 2 N–H and O–H groups in total. The Kier molecular flexibility index (Phi) is 3.06. The predicted octanol–water partition coefficient (Wildman–Crippen LogP) is 2.50. The summed E-state index contributed by atoms with van der Waals surface area (Å²) in [4.78, 5) is 0. The van der Waals surface area contributed by atoms with Crippen LogP contribution in [0.4, 0.5) is 4.39 Å². The Morgan fingerprint density at radius 3 is 1.73 bits per heavy atom. The number of nitrogens with two attached hydrogens (primary N) is 1.